The molecule has 0 amide bonds. The van der Waals surface area contributed by atoms with Gasteiger partial charge in [-0.15, -0.1) is 0 Å². The summed E-state index contributed by atoms with van der Waals surface area (Å²) in [5, 5.41) is 10.1. The van der Waals surface area contributed by atoms with Gasteiger partial charge in [0.15, 0.2) is 5.82 Å². The highest BCUT2D eigenvalue weighted by Gasteiger charge is 2.31. The molecule has 1 N–H and O–H groups in total. The lowest BCUT2D eigenvalue weighted by molar-refractivity contribution is 0.152. The number of halogens is 2. The SMILES string of the molecule is Cc1cc(CN2C[C@@H](F)C[C@H]2CO)nc(-c2ccc(Cl)cc2)n1. The van der Waals surface area contributed by atoms with E-state index in [0.717, 1.165) is 17.0 Å². The van der Waals surface area contributed by atoms with E-state index in [1.807, 2.05) is 30.0 Å². The molecule has 1 aliphatic heterocycles. The zero-order valence-electron chi connectivity index (χ0n) is 12.9. The Morgan fingerprint density at radius 3 is 2.74 bits per heavy atom. The third-order valence-electron chi connectivity index (χ3n) is 4.06. The van der Waals surface area contributed by atoms with E-state index in [-0.39, 0.29) is 12.6 Å². The standard InChI is InChI=1S/C17H19ClFN3O/c1-11-6-15(9-22-8-14(19)7-16(22)10-23)21-17(20-11)12-2-4-13(18)5-3-12/h2-6,14,16,23H,7-10H2,1H3/t14-,16-/m0/s1. The molecular formula is C17H19ClFN3O. The average Bonchev–Trinajstić information content (AvgIpc) is 2.87. The van der Waals surface area contributed by atoms with Gasteiger partial charge < -0.3 is 5.11 Å². The molecule has 0 spiro atoms. The Kier molecular flexibility index (Phi) is 4.90. The van der Waals surface area contributed by atoms with Crippen molar-refractivity contribution < 1.29 is 9.50 Å². The Morgan fingerprint density at radius 2 is 2.04 bits per heavy atom. The normalized spacial score (nSPS) is 21.7. The van der Waals surface area contributed by atoms with Crippen molar-refractivity contribution in [3.63, 3.8) is 0 Å². The van der Waals surface area contributed by atoms with Crippen LogP contribution in [0.15, 0.2) is 30.3 Å². The first-order valence-corrected chi connectivity index (χ1v) is 8.02. The molecule has 1 aliphatic rings. The number of aliphatic hydroxyl groups excluding tert-OH is 1. The van der Waals surface area contributed by atoms with Crippen molar-refractivity contribution in [2.24, 2.45) is 0 Å². The van der Waals surface area contributed by atoms with Crippen molar-refractivity contribution >= 4 is 11.6 Å². The van der Waals surface area contributed by atoms with Crippen LogP contribution in [0, 0.1) is 6.92 Å². The summed E-state index contributed by atoms with van der Waals surface area (Å²) in [5.74, 6) is 0.633. The van der Waals surface area contributed by atoms with Gasteiger partial charge in [-0.2, -0.15) is 0 Å². The van der Waals surface area contributed by atoms with Gasteiger partial charge in [-0.25, -0.2) is 14.4 Å². The van der Waals surface area contributed by atoms with Crippen molar-refractivity contribution in [3.8, 4) is 11.4 Å². The molecule has 1 aromatic carbocycles. The molecular weight excluding hydrogens is 317 g/mol. The van der Waals surface area contributed by atoms with Crippen LogP contribution in [0.5, 0.6) is 0 Å². The van der Waals surface area contributed by atoms with E-state index in [0.29, 0.717) is 30.4 Å². The molecule has 4 nitrogen and oxygen atoms in total. The number of hydrogen-bond donors (Lipinski definition) is 1. The van der Waals surface area contributed by atoms with E-state index in [4.69, 9.17) is 11.6 Å². The molecule has 1 fully saturated rings. The Hall–Kier alpha value is -1.56. The maximum atomic E-state index is 13.6. The predicted octanol–water partition coefficient (Wildman–Crippen LogP) is 3.01. The summed E-state index contributed by atoms with van der Waals surface area (Å²) in [4.78, 5) is 11.0. The number of aliphatic hydroxyl groups is 1. The number of nitrogens with zero attached hydrogens (tertiary/aromatic N) is 3. The summed E-state index contributed by atoms with van der Waals surface area (Å²) in [5.41, 5.74) is 2.58. The quantitative estimate of drug-likeness (QED) is 0.933. The number of aromatic nitrogens is 2. The highest BCUT2D eigenvalue weighted by Crippen LogP contribution is 2.23. The summed E-state index contributed by atoms with van der Waals surface area (Å²) in [6.45, 7) is 2.73. The van der Waals surface area contributed by atoms with Gasteiger partial charge in [0.25, 0.3) is 0 Å². The van der Waals surface area contributed by atoms with Crippen molar-refractivity contribution in [2.45, 2.75) is 32.1 Å². The second-order valence-electron chi connectivity index (χ2n) is 5.93. The maximum absolute atomic E-state index is 13.6. The summed E-state index contributed by atoms with van der Waals surface area (Å²) in [7, 11) is 0. The molecule has 1 saturated heterocycles. The van der Waals surface area contributed by atoms with E-state index in [9.17, 15) is 9.50 Å². The third-order valence-corrected chi connectivity index (χ3v) is 4.31. The lowest BCUT2D eigenvalue weighted by Gasteiger charge is -2.22. The van der Waals surface area contributed by atoms with Crippen LogP contribution >= 0.6 is 11.6 Å². The fourth-order valence-electron chi connectivity index (χ4n) is 2.96. The van der Waals surface area contributed by atoms with E-state index < -0.39 is 6.17 Å². The number of alkyl halides is 1. The smallest absolute Gasteiger partial charge is 0.159 e. The van der Waals surface area contributed by atoms with Crippen LogP contribution in [-0.2, 0) is 6.54 Å². The minimum atomic E-state index is -0.884. The van der Waals surface area contributed by atoms with Crippen molar-refractivity contribution in [2.75, 3.05) is 13.2 Å². The Bertz CT molecular complexity index is 680. The van der Waals surface area contributed by atoms with E-state index in [1.165, 1.54) is 0 Å². The van der Waals surface area contributed by atoms with Crippen LogP contribution in [0.2, 0.25) is 5.02 Å². The number of hydrogen-bond acceptors (Lipinski definition) is 4. The van der Waals surface area contributed by atoms with Crippen LogP contribution in [0.1, 0.15) is 17.8 Å². The zero-order chi connectivity index (χ0) is 16.4. The molecule has 0 bridgehead atoms. The Labute approximate surface area is 139 Å². The van der Waals surface area contributed by atoms with Gasteiger partial charge in [0, 0.05) is 35.4 Å². The molecule has 0 aliphatic carbocycles. The third kappa shape index (κ3) is 3.86. The van der Waals surface area contributed by atoms with E-state index >= 15 is 0 Å². The van der Waals surface area contributed by atoms with Gasteiger partial charge >= 0.3 is 0 Å². The molecule has 0 saturated carbocycles. The fourth-order valence-corrected chi connectivity index (χ4v) is 3.08. The molecule has 1 aromatic heterocycles. The topological polar surface area (TPSA) is 49.2 Å². The lowest BCUT2D eigenvalue weighted by Crippen LogP contribution is -2.32. The van der Waals surface area contributed by atoms with Gasteiger partial charge in [0.2, 0.25) is 0 Å². The number of aryl methyl sites for hydroxylation is 1. The van der Waals surface area contributed by atoms with Crippen LogP contribution in [0.25, 0.3) is 11.4 Å². The van der Waals surface area contributed by atoms with Crippen molar-refractivity contribution in [1.82, 2.24) is 14.9 Å². The summed E-state index contributed by atoms with van der Waals surface area (Å²) in [6.07, 6.45) is -0.504. The molecule has 2 heterocycles. The molecule has 3 rings (SSSR count). The number of rotatable bonds is 4. The summed E-state index contributed by atoms with van der Waals surface area (Å²) >= 11 is 5.91. The second kappa shape index (κ2) is 6.91. The van der Waals surface area contributed by atoms with E-state index in [1.54, 1.807) is 12.1 Å². The zero-order valence-corrected chi connectivity index (χ0v) is 13.7. The van der Waals surface area contributed by atoms with Crippen LogP contribution in [0.3, 0.4) is 0 Å². The fraction of sp³-hybridized carbons (Fsp3) is 0.412. The highest BCUT2D eigenvalue weighted by molar-refractivity contribution is 6.30. The predicted molar refractivity (Wildman–Crippen MR) is 88.0 cm³/mol. The first-order chi connectivity index (χ1) is 11.0. The molecule has 2 aromatic rings. The van der Waals surface area contributed by atoms with Crippen LogP contribution in [-0.4, -0.2) is 45.3 Å². The minimum absolute atomic E-state index is 0.0332. The second-order valence-corrected chi connectivity index (χ2v) is 6.37. The average molecular weight is 336 g/mol. The lowest BCUT2D eigenvalue weighted by atomic mass is 10.2. The van der Waals surface area contributed by atoms with Crippen molar-refractivity contribution in [3.05, 3.63) is 46.7 Å². The van der Waals surface area contributed by atoms with Gasteiger partial charge in [-0.05, 0) is 43.7 Å². The van der Waals surface area contributed by atoms with Crippen LogP contribution < -0.4 is 0 Å². The van der Waals surface area contributed by atoms with Crippen molar-refractivity contribution in [1.29, 1.82) is 0 Å². The van der Waals surface area contributed by atoms with Gasteiger partial charge in [0.05, 0.1) is 12.3 Å². The Balaban J connectivity index is 1.84. The molecule has 23 heavy (non-hydrogen) atoms. The van der Waals surface area contributed by atoms with E-state index in [2.05, 4.69) is 9.97 Å². The first kappa shape index (κ1) is 16.3. The maximum Gasteiger partial charge on any atom is 0.159 e. The summed E-state index contributed by atoms with van der Waals surface area (Å²) in [6, 6.07) is 9.13. The summed E-state index contributed by atoms with van der Waals surface area (Å²) < 4.78 is 13.6. The molecule has 2 atom stereocenters. The van der Waals surface area contributed by atoms with Crippen LogP contribution in [0.4, 0.5) is 4.39 Å². The number of likely N-dealkylation sites (tertiary alicyclic amines) is 1. The minimum Gasteiger partial charge on any atom is -0.395 e. The molecule has 0 radical (unpaired) electrons. The molecule has 0 unspecified atom stereocenters. The van der Waals surface area contributed by atoms with Gasteiger partial charge in [-0.1, -0.05) is 11.6 Å². The first-order valence-electron chi connectivity index (χ1n) is 7.64. The highest BCUT2D eigenvalue weighted by atomic mass is 35.5. The molecule has 6 heteroatoms. The molecule has 122 valence electrons. The van der Waals surface area contributed by atoms with Gasteiger partial charge in [-0.3, -0.25) is 4.90 Å². The monoisotopic (exact) mass is 335 g/mol. The Morgan fingerprint density at radius 1 is 1.30 bits per heavy atom. The van der Waals surface area contributed by atoms with Gasteiger partial charge in [0.1, 0.15) is 6.17 Å². The largest absolute Gasteiger partial charge is 0.395 e. The number of benzene rings is 1.